The summed E-state index contributed by atoms with van der Waals surface area (Å²) in [5.41, 5.74) is 1.92. The molecule has 2 aliphatic rings. The monoisotopic (exact) mass is 358 g/mol. The molecule has 6 nitrogen and oxygen atoms in total. The Hall–Kier alpha value is -2.15. The molecule has 0 aliphatic carbocycles. The second-order valence-corrected chi connectivity index (χ2v) is 8.92. The summed E-state index contributed by atoms with van der Waals surface area (Å²) in [7, 11) is -3.26. The maximum atomic E-state index is 12.6. The molecule has 0 radical (unpaired) electrons. The Balaban J connectivity index is 1.64. The average Bonchev–Trinajstić information content (AvgIpc) is 2.99. The first kappa shape index (κ1) is 16.3. The molecule has 1 aromatic carbocycles. The first-order valence-electron chi connectivity index (χ1n) is 8.68. The van der Waals surface area contributed by atoms with E-state index >= 15 is 0 Å². The summed E-state index contributed by atoms with van der Waals surface area (Å²) in [4.78, 5) is 10.9. The van der Waals surface area contributed by atoms with Crippen LogP contribution in [0.25, 0.3) is 0 Å². The number of piperidine rings is 1. The molecule has 7 heteroatoms. The highest BCUT2D eigenvalue weighted by Crippen LogP contribution is 2.48. The number of hydrogen-bond acceptors (Lipinski definition) is 5. The maximum absolute atomic E-state index is 12.6. The van der Waals surface area contributed by atoms with Gasteiger partial charge in [0.05, 0.1) is 11.4 Å². The molecule has 2 aliphatic heterocycles. The number of rotatable bonds is 3. The number of hydrogen-bond donors (Lipinski definition) is 0. The zero-order chi connectivity index (χ0) is 17.5. The Morgan fingerprint density at radius 3 is 2.44 bits per heavy atom. The molecule has 1 spiro atoms. The highest BCUT2D eigenvalue weighted by molar-refractivity contribution is 7.92. The van der Waals surface area contributed by atoms with Gasteiger partial charge in [-0.3, -0.25) is 4.31 Å². The van der Waals surface area contributed by atoms with Gasteiger partial charge in [-0.1, -0.05) is 18.2 Å². The first-order valence-corrected chi connectivity index (χ1v) is 10.3. The normalized spacial score (nSPS) is 19.2. The number of anilines is 2. The Labute approximate surface area is 148 Å². The van der Waals surface area contributed by atoms with E-state index in [0.717, 1.165) is 37.6 Å². The molecule has 1 saturated heterocycles. The average molecular weight is 358 g/mol. The molecule has 0 atom stereocenters. The van der Waals surface area contributed by atoms with Crippen LogP contribution in [0.15, 0.2) is 42.7 Å². The molecule has 0 N–H and O–H groups in total. The Bertz CT molecular complexity index is 862. The molecule has 3 heterocycles. The number of sulfonamides is 1. The molecule has 1 aromatic heterocycles. The quantitative estimate of drug-likeness (QED) is 0.841. The van der Waals surface area contributed by atoms with Crippen molar-refractivity contribution >= 4 is 21.7 Å². The summed E-state index contributed by atoms with van der Waals surface area (Å²) in [5.74, 6) is 0.878. The van der Waals surface area contributed by atoms with Gasteiger partial charge in [-0.15, -0.1) is 0 Å². The lowest BCUT2D eigenvalue weighted by Crippen LogP contribution is -2.46. The molecule has 4 rings (SSSR count). The predicted octanol–water partition coefficient (Wildman–Crippen LogP) is 2.18. The third-order valence-corrected chi connectivity index (χ3v) is 7.17. The van der Waals surface area contributed by atoms with E-state index in [-0.39, 0.29) is 11.2 Å². The molecular weight excluding hydrogens is 336 g/mol. The van der Waals surface area contributed by atoms with Crippen molar-refractivity contribution in [2.75, 3.05) is 34.6 Å². The topological polar surface area (TPSA) is 66.4 Å². The standard InChI is InChI=1S/C18H22N4O2S/c1-2-25(23,24)22-14-18(15-6-3-4-7-16(15)22)8-12-21(13-9-18)17-19-10-5-11-20-17/h3-7,10-11H,2,8-9,12-14H2,1H3. The molecule has 0 amide bonds. The molecular formula is C18H22N4O2S. The van der Waals surface area contributed by atoms with Crippen LogP contribution in [0.4, 0.5) is 11.6 Å². The number of para-hydroxylation sites is 1. The van der Waals surface area contributed by atoms with Crippen molar-refractivity contribution in [3.63, 3.8) is 0 Å². The molecule has 25 heavy (non-hydrogen) atoms. The summed E-state index contributed by atoms with van der Waals surface area (Å²) in [6.07, 6.45) is 5.32. The van der Waals surface area contributed by atoms with Crippen molar-refractivity contribution in [2.45, 2.75) is 25.2 Å². The third kappa shape index (κ3) is 2.66. The van der Waals surface area contributed by atoms with E-state index in [2.05, 4.69) is 20.9 Å². The molecule has 1 fully saturated rings. The van der Waals surface area contributed by atoms with Crippen molar-refractivity contribution in [2.24, 2.45) is 0 Å². The second-order valence-electron chi connectivity index (χ2n) is 6.74. The fourth-order valence-corrected chi connectivity index (χ4v) is 5.22. The summed E-state index contributed by atoms with van der Waals surface area (Å²) in [6.45, 7) is 3.92. The summed E-state index contributed by atoms with van der Waals surface area (Å²) in [5, 5.41) is 0. The molecule has 0 unspecified atom stereocenters. The van der Waals surface area contributed by atoms with Gasteiger partial charge in [-0.25, -0.2) is 18.4 Å². The summed E-state index contributed by atoms with van der Waals surface area (Å²) < 4.78 is 26.8. The van der Waals surface area contributed by atoms with E-state index in [4.69, 9.17) is 0 Å². The van der Waals surface area contributed by atoms with E-state index < -0.39 is 10.0 Å². The fourth-order valence-electron chi connectivity index (χ4n) is 4.01. The van der Waals surface area contributed by atoms with Gasteiger partial charge in [0.25, 0.3) is 0 Å². The van der Waals surface area contributed by atoms with E-state index in [0.29, 0.717) is 6.54 Å². The van der Waals surface area contributed by atoms with Crippen LogP contribution in [0.5, 0.6) is 0 Å². The summed E-state index contributed by atoms with van der Waals surface area (Å²) in [6, 6.07) is 9.77. The van der Waals surface area contributed by atoms with E-state index in [1.165, 1.54) is 5.56 Å². The van der Waals surface area contributed by atoms with E-state index in [9.17, 15) is 8.42 Å². The minimum Gasteiger partial charge on any atom is -0.341 e. The smallest absolute Gasteiger partial charge is 0.234 e. The van der Waals surface area contributed by atoms with Crippen molar-refractivity contribution < 1.29 is 8.42 Å². The van der Waals surface area contributed by atoms with Crippen LogP contribution in [-0.4, -0.2) is 43.8 Å². The van der Waals surface area contributed by atoms with Crippen LogP contribution in [-0.2, 0) is 15.4 Å². The molecule has 0 bridgehead atoms. The zero-order valence-electron chi connectivity index (χ0n) is 14.3. The second kappa shape index (κ2) is 5.98. The fraction of sp³-hybridized carbons (Fsp3) is 0.444. The van der Waals surface area contributed by atoms with E-state index in [1.54, 1.807) is 23.6 Å². The van der Waals surface area contributed by atoms with Gasteiger partial charge in [-0.05, 0) is 37.5 Å². The van der Waals surface area contributed by atoms with Crippen molar-refractivity contribution in [3.8, 4) is 0 Å². The van der Waals surface area contributed by atoms with Crippen LogP contribution in [0.3, 0.4) is 0 Å². The number of benzene rings is 1. The lowest BCUT2D eigenvalue weighted by Gasteiger charge is -2.39. The van der Waals surface area contributed by atoms with Gasteiger partial charge in [0.15, 0.2) is 0 Å². The number of nitrogens with zero attached hydrogens (tertiary/aromatic N) is 4. The van der Waals surface area contributed by atoms with Gasteiger partial charge in [0.2, 0.25) is 16.0 Å². The van der Waals surface area contributed by atoms with Crippen molar-refractivity contribution in [1.29, 1.82) is 0 Å². The Morgan fingerprint density at radius 1 is 1.08 bits per heavy atom. The van der Waals surface area contributed by atoms with Gasteiger partial charge in [0.1, 0.15) is 0 Å². The van der Waals surface area contributed by atoms with E-state index in [1.807, 2.05) is 24.3 Å². The zero-order valence-corrected chi connectivity index (χ0v) is 15.1. The van der Waals surface area contributed by atoms with Gasteiger partial charge < -0.3 is 4.90 Å². The Kier molecular flexibility index (Phi) is 3.91. The third-order valence-electron chi connectivity index (χ3n) is 5.45. The Morgan fingerprint density at radius 2 is 1.76 bits per heavy atom. The van der Waals surface area contributed by atoms with Gasteiger partial charge >= 0.3 is 0 Å². The molecule has 132 valence electrons. The van der Waals surface area contributed by atoms with Crippen LogP contribution < -0.4 is 9.21 Å². The van der Waals surface area contributed by atoms with Gasteiger partial charge in [-0.2, -0.15) is 0 Å². The van der Waals surface area contributed by atoms with Crippen molar-refractivity contribution in [3.05, 3.63) is 48.3 Å². The van der Waals surface area contributed by atoms with Crippen molar-refractivity contribution in [1.82, 2.24) is 9.97 Å². The molecule has 2 aromatic rings. The predicted molar refractivity (Wildman–Crippen MR) is 98.4 cm³/mol. The largest absolute Gasteiger partial charge is 0.341 e. The van der Waals surface area contributed by atoms with Crippen LogP contribution >= 0.6 is 0 Å². The molecule has 0 saturated carbocycles. The minimum atomic E-state index is -3.26. The van der Waals surface area contributed by atoms with Gasteiger partial charge in [0, 0.05) is 37.4 Å². The van der Waals surface area contributed by atoms with Crippen LogP contribution in [0.1, 0.15) is 25.3 Å². The highest BCUT2D eigenvalue weighted by Gasteiger charge is 2.47. The minimum absolute atomic E-state index is 0.107. The lowest BCUT2D eigenvalue weighted by atomic mass is 9.74. The highest BCUT2D eigenvalue weighted by atomic mass is 32.2. The first-order chi connectivity index (χ1) is 12.1. The SMILES string of the molecule is CCS(=O)(=O)N1CC2(CCN(c3ncccn3)CC2)c2ccccc21. The maximum Gasteiger partial charge on any atom is 0.234 e. The number of fused-ring (bicyclic) bond motifs is 2. The van der Waals surface area contributed by atoms with Crippen LogP contribution in [0, 0.1) is 0 Å². The summed E-state index contributed by atoms with van der Waals surface area (Å²) >= 11 is 0. The number of aromatic nitrogens is 2. The van der Waals surface area contributed by atoms with Crippen LogP contribution in [0.2, 0.25) is 0 Å². The lowest BCUT2D eigenvalue weighted by molar-refractivity contribution is 0.354.